The minimum Gasteiger partial charge on any atom is -0.496 e. The molecule has 0 atom stereocenters. The Balaban J connectivity index is 1.96. The largest absolute Gasteiger partial charge is 0.496 e. The Hall–Kier alpha value is -2.53. The molecule has 2 N–H and O–H groups in total. The number of aliphatic imine (C=N–C) groups is 1. The van der Waals surface area contributed by atoms with Crippen molar-refractivity contribution in [3.8, 4) is 5.75 Å². The van der Waals surface area contributed by atoms with E-state index in [4.69, 9.17) is 14.5 Å². The molecule has 2 rings (SSSR count). The molecule has 0 saturated heterocycles. The maximum Gasteiger partial charge on any atom is 0.191 e. The second-order valence-corrected chi connectivity index (χ2v) is 6.38. The van der Waals surface area contributed by atoms with Gasteiger partial charge in [-0.05, 0) is 48.6 Å². The number of ether oxygens (including phenoxy) is 2. The van der Waals surface area contributed by atoms with Gasteiger partial charge in [-0.15, -0.1) is 0 Å². The summed E-state index contributed by atoms with van der Waals surface area (Å²) >= 11 is 0. The quantitative estimate of drug-likeness (QED) is 0.525. The normalized spacial score (nSPS) is 11.3. The average Bonchev–Trinajstić information content (AvgIpc) is 2.68. The smallest absolute Gasteiger partial charge is 0.191 e. The summed E-state index contributed by atoms with van der Waals surface area (Å²) in [7, 11) is 3.42. The van der Waals surface area contributed by atoms with Gasteiger partial charge in [0.1, 0.15) is 5.75 Å². The Morgan fingerprint density at radius 1 is 1.04 bits per heavy atom. The predicted molar refractivity (Wildman–Crippen MR) is 111 cm³/mol. The first-order chi connectivity index (χ1) is 13.2. The lowest BCUT2D eigenvalue weighted by atomic mass is 10.1. The topological polar surface area (TPSA) is 54.9 Å². The first kappa shape index (κ1) is 20.8. The van der Waals surface area contributed by atoms with Gasteiger partial charge in [0.15, 0.2) is 5.96 Å². The van der Waals surface area contributed by atoms with Crippen LogP contribution in [0.3, 0.4) is 0 Å². The van der Waals surface area contributed by atoms with Gasteiger partial charge in [0, 0.05) is 20.2 Å². The maximum absolute atomic E-state index is 5.40. The third-order valence-electron chi connectivity index (χ3n) is 4.35. The molecule has 0 aromatic heterocycles. The number of nitrogens with one attached hydrogen (secondary N) is 2. The van der Waals surface area contributed by atoms with E-state index in [1.54, 1.807) is 14.2 Å². The van der Waals surface area contributed by atoms with E-state index in [-0.39, 0.29) is 0 Å². The highest BCUT2D eigenvalue weighted by atomic mass is 16.5. The summed E-state index contributed by atoms with van der Waals surface area (Å²) in [5, 5.41) is 6.71. The van der Waals surface area contributed by atoms with E-state index in [1.165, 1.54) is 16.7 Å². The summed E-state index contributed by atoms with van der Waals surface area (Å²) in [6, 6.07) is 14.6. The van der Waals surface area contributed by atoms with Crippen molar-refractivity contribution in [2.75, 3.05) is 27.3 Å². The van der Waals surface area contributed by atoms with E-state index in [2.05, 4.69) is 54.8 Å². The van der Waals surface area contributed by atoms with E-state index in [9.17, 15) is 0 Å². The lowest BCUT2D eigenvalue weighted by Gasteiger charge is -2.13. The summed E-state index contributed by atoms with van der Waals surface area (Å²) in [4.78, 5) is 4.72. The molecule has 2 aromatic rings. The highest BCUT2D eigenvalue weighted by Crippen LogP contribution is 2.19. The molecule has 0 aliphatic rings. The maximum atomic E-state index is 5.40. The third-order valence-corrected chi connectivity index (χ3v) is 4.35. The number of rotatable bonds is 9. The second kappa shape index (κ2) is 11.2. The summed E-state index contributed by atoms with van der Waals surface area (Å²) in [5.41, 5.74) is 4.75. The molecule has 0 aliphatic heterocycles. The van der Waals surface area contributed by atoms with E-state index < -0.39 is 0 Å². The molecule has 5 nitrogen and oxygen atoms in total. The van der Waals surface area contributed by atoms with E-state index in [0.29, 0.717) is 13.2 Å². The van der Waals surface area contributed by atoms with Crippen LogP contribution in [0.2, 0.25) is 0 Å². The monoisotopic (exact) mass is 369 g/mol. The zero-order chi connectivity index (χ0) is 19.5. The average molecular weight is 370 g/mol. The van der Waals surface area contributed by atoms with Gasteiger partial charge >= 0.3 is 0 Å². The van der Waals surface area contributed by atoms with Crippen LogP contribution in [0, 0.1) is 6.92 Å². The second-order valence-electron chi connectivity index (χ2n) is 6.38. The zero-order valence-corrected chi connectivity index (χ0v) is 16.8. The number of methoxy groups -OCH3 is 2. The Kier molecular flexibility index (Phi) is 8.65. The summed E-state index contributed by atoms with van der Waals surface area (Å²) in [6.07, 6.45) is 0.904. The number of aryl methyl sites for hydroxylation is 1. The molecule has 5 heteroatoms. The predicted octanol–water partition coefficient (Wildman–Crippen LogP) is 3.45. The molecular formula is C22H31N3O2. The lowest BCUT2D eigenvalue weighted by Crippen LogP contribution is -2.38. The van der Waals surface area contributed by atoms with Crippen LogP contribution in [-0.2, 0) is 24.3 Å². The summed E-state index contributed by atoms with van der Waals surface area (Å²) in [5.74, 6) is 1.76. The molecule has 0 amide bonds. The van der Waals surface area contributed by atoms with Crippen LogP contribution in [0.5, 0.6) is 5.75 Å². The molecule has 0 unspecified atom stereocenters. The Labute approximate surface area is 162 Å². The van der Waals surface area contributed by atoms with Crippen LogP contribution >= 0.6 is 0 Å². The Morgan fingerprint density at radius 3 is 2.52 bits per heavy atom. The zero-order valence-electron chi connectivity index (χ0n) is 16.8. The van der Waals surface area contributed by atoms with Crippen molar-refractivity contribution in [3.63, 3.8) is 0 Å². The highest BCUT2D eigenvalue weighted by Gasteiger charge is 2.04. The molecule has 0 spiro atoms. The van der Waals surface area contributed by atoms with Crippen LogP contribution in [0.1, 0.15) is 29.2 Å². The Bertz CT molecular complexity index is 744. The number of hydrogen-bond acceptors (Lipinski definition) is 3. The van der Waals surface area contributed by atoms with Gasteiger partial charge in [-0.3, -0.25) is 0 Å². The third kappa shape index (κ3) is 6.61. The molecule has 146 valence electrons. The van der Waals surface area contributed by atoms with Crippen LogP contribution in [0.4, 0.5) is 0 Å². The van der Waals surface area contributed by atoms with Gasteiger partial charge in [0.05, 0.1) is 20.3 Å². The molecule has 0 bridgehead atoms. The van der Waals surface area contributed by atoms with Gasteiger partial charge in [-0.1, -0.05) is 36.4 Å². The number of guanidine groups is 1. The fourth-order valence-corrected chi connectivity index (χ4v) is 2.86. The first-order valence-electron chi connectivity index (χ1n) is 9.39. The van der Waals surface area contributed by atoms with Crippen molar-refractivity contribution in [2.24, 2.45) is 4.99 Å². The first-order valence-corrected chi connectivity index (χ1v) is 9.39. The standard InChI is InChI=1S/C22H31N3O2/c1-5-23-22(25-15-19-8-6-7-9-20(19)16-26-3)24-13-12-18-11-10-17(2)21(14-18)27-4/h6-11,14H,5,12-13,15-16H2,1-4H3,(H2,23,24,25). The van der Waals surface area contributed by atoms with E-state index in [0.717, 1.165) is 36.8 Å². The number of hydrogen-bond donors (Lipinski definition) is 2. The van der Waals surface area contributed by atoms with Gasteiger partial charge < -0.3 is 20.1 Å². The summed E-state index contributed by atoms with van der Waals surface area (Å²) in [6.45, 7) is 6.97. The van der Waals surface area contributed by atoms with Crippen LogP contribution in [0.15, 0.2) is 47.5 Å². The molecule has 2 aromatic carbocycles. The molecule has 27 heavy (non-hydrogen) atoms. The molecule has 0 aliphatic carbocycles. The van der Waals surface area contributed by atoms with Gasteiger partial charge in [-0.2, -0.15) is 0 Å². The minimum absolute atomic E-state index is 0.602. The number of benzene rings is 2. The van der Waals surface area contributed by atoms with Crippen molar-refractivity contribution >= 4 is 5.96 Å². The van der Waals surface area contributed by atoms with Crippen molar-refractivity contribution in [3.05, 3.63) is 64.7 Å². The van der Waals surface area contributed by atoms with Crippen molar-refractivity contribution in [2.45, 2.75) is 33.4 Å². The van der Waals surface area contributed by atoms with Crippen molar-refractivity contribution in [1.29, 1.82) is 0 Å². The molecule has 0 saturated carbocycles. The molecule has 0 heterocycles. The fourth-order valence-electron chi connectivity index (χ4n) is 2.86. The summed E-state index contributed by atoms with van der Waals surface area (Å²) < 4.78 is 10.7. The van der Waals surface area contributed by atoms with Crippen molar-refractivity contribution in [1.82, 2.24) is 10.6 Å². The van der Waals surface area contributed by atoms with Crippen LogP contribution < -0.4 is 15.4 Å². The Morgan fingerprint density at radius 2 is 1.81 bits per heavy atom. The molecular weight excluding hydrogens is 338 g/mol. The van der Waals surface area contributed by atoms with E-state index >= 15 is 0 Å². The van der Waals surface area contributed by atoms with Crippen LogP contribution in [0.25, 0.3) is 0 Å². The van der Waals surface area contributed by atoms with Crippen molar-refractivity contribution < 1.29 is 9.47 Å². The van der Waals surface area contributed by atoms with E-state index in [1.807, 2.05) is 12.1 Å². The van der Waals surface area contributed by atoms with Gasteiger partial charge in [-0.25, -0.2) is 4.99 Å². The highest BCUT2D eigenvalue weighted by molar-refractivity contribution is 5.79. The molecule has 0 radical (unpaired) electrons. The van der Waals surface area contributed by atoms with Gasteiger partial charge in [0.2, 0.25) is 0 Å². The number of nitrogens with zero attached hydrogens (tertiary/aromatic N) is 1. The lowest BCUT2D eigenvalue weighted by molar-refractivity contribution is 0.184. The van der Waals surface area contributed by atoms with Gasteiger partial charge in [0.25, 0.3) is 0 Å². The fraction of sp³-hybridized carbons (Fsp3) is 0.409. The minimum atomic E-state index is 0.602. The SMILES string of the molecule is CCNC(=NCc1ccccc1COC)NCCc1ccc(C)c(OC)c1. The van der Waals surface area contributed by atoms with Crippen LogP contribution in [-0.4, -0.2) is 33.3 Å². The molecule has 0 fully saturated rings.